The van der Waals surface area contributed by atoms with Crippen molar-refractivity contribution < 1.29 is 17.6 Å². The molecule has 1 aromatic heterocycles. The number of benzene rings is 1. The van der Waals surface area contributed by atoms with E-state index in [0.717, 1.165) is 10.1 Å². The third-order valence-corrected chi connectivity index (χ3v) is 5.29. The van der Waals surface area contributed by atoms with Crippen LogP contribution >= 0.6 is 11.6 Å². The molecule has 0 aliphatic rings. The van der Waals surface area contributed by atoms with E-state index in [1.54, 1.807) is 18.2 Å². The van der Waals surface area contributed by atoms with Crippen molar-refractivity contribution in [3.8, 4) is 5.75 Å². The van der Waals surface area contributed by atoms with Gasteiger partial charge in [-0.15, -0.1) is 0 Å². The standard InChI is InChI=1S/C16H21ClN2O4S/c1-18(2)24(20,21)16-9-8-15(23-16)12-19(3)10-11-22-14-6-4-13(17)5-7-14/h4-9H,10-12H2,1-3H3. The van der Waals surface area contributed by atoms with Crippen molar-refractivity contribution in [2.45, 2.75) is 11.6 Å². The van der Waals surface area contributed by atoms with Crippen LogP contribution < -0.4 is 4.74 Å². The third-order valence-electron chi connectivity index (χ3n) is 3.35. The van der Waals surface area contributed by atoms with E-state index in [1.807, 2.05) is 24.1 Å². The fourth-order valence-corrected chi connectivity index (χ4v) is 2.90. The Bertz CT molecular complexity index is 757. The van der Waals surface area contributed by atoms with Gasteiger partial charge in [0.2, 0.25) is 5.09 Å². The van der Waals surface area contributed by atoms with Crippen LogP contribution in [0.1, 0.15) is 5.76 Å². The highest BCUT2D eigenvalue weighted by Gasteiger charge is 2.21. The molecule has 0 radical (unpaired) electrons. The summed E-state index contributed by atoms with van der Waals surface area (Å²) in [5.74, 6) is 1.34. The number of rotatable bonds is 8. The topological polar surface area (TPSA) is 63.0 Å². The molecule has 2 rings (SSSR count). The molecule has 0 N–H and O–H groups in total. The highest BCUT2D eigenvalue weighted by atomic mass is 35.5. The van der Waals surface area contributed by atoms with Crippen molar-refractivity contribution in [3.05, 3.63) is 47.2 Å². The monoisotopic (exact) mass is 372 g/mol. The molecule has 6 nitrogen and oxygen atoms in total. The van der Waals surface area contributed by atoms with E-state index in [4.69, 9.17) is 20.8 Å². The Morgan fingerprint density at radius 2 is 1.75 bits per heavy atom. The van der Waals surface area contributed by atoms with Crippen LogP contribution in [0.3, 0.4) is 0 Å². The van der Waals surface area contributed by atoms with Crippen molar-refractivity contribution in [2.75, 3.05) is 34.3 Å². The zero-order valence-electron chi connectivity index (χ0n) is 13.9. The molecule has 0 fully saturated rings. The van der Waals surface area contributed by atoms with Gasteiger partial charge in [0.25, 0.3) is 10.0 Å². The summed E-state index contributed by atoms with van der Waals surface area (Å²) in [6, 6.07) is 10.3. The summed E-state index contributed by atoms with van der Waals surface area (Å²) < 4.78 is 36.1. The summed E-state index contributed by atoms with van der Waals surface area (Å²) in [6.07, 6.45) is 0. The van der Waals surface area contributed by atoms with E-state index in [-0.39, 0.29) is 5.09 Å². The molecule has 1 heterocycles. The van der Waals surface area contributed by atoms with Gasteiger partial charge in [-0.05, 0) is 43.4 Å². The smallest absolute Gasteiger partial charge is 0.275 e. The molecule has 132 valence electrons. The highest BCUT2D eigenvalue weighted by molar-refractivity contribution is 7.88. The fraction of sp³-hybridized carbons (Fsp3) is 0.375. The first kappa shape index (κ1) is 18.8. The maximum atomic E-state index is 12.0. The maximum Gasteiger partial charge on any atom is 0.275 e. The Balaban J connectivity index is 1.83. The summed E-state index contributed by atoms with van der Waals surface area (Å²) in [7, 11) is 1.31. The van der Waals surface area contributed by atoms with Crippen LogP contribution in [-0.4, -0.2) is 51.9 Å². The summed E-state index contributed by atoms with van der Waals surface area (Å²) in [5.41, 5.74) is 0. The Kier molecular flexibility index (Phi) is 6.28. The SMILES string of the molecule is CN(CCOc1ccc(Cl)cc1)Cc1ccc(S(=O)(=O)N(C)C)o1. The van der Waals surface area contributed by atoms with Crippen LogP contribution in [0.2, 0.25) is 5.02 Å². The second-order valence-corrected chi connectivity index (χ2v) is 8.07. The lowest BCUT2D eigenvalue weighted by Gasteiger charge is -2.15. The molecule has 24 heavy (non-hydrogen) atoms. The van der Waals surface area contributed by atoms with Gasteiger partial charge in [0.1, 0.15) is 18.1 Å². The van der Waals surface area contributed by atoms with Gasteiger partial charge in [0.05, 0.1) is 6.54 Å². The van der Waals surface area contributed by atoms with Gasteiger partial charge in [-0.1, -0.05) is 11.6 Å². The number of sulfonamides is 1. The molecule has 0 unspecified atom stereocenters. The quantitative estimate of drug-likeness (QED) is 0.712. The van der Waals surface area contributed by atoms with Crippen molar-refractivity contribution in [2.24, 2.45) is 0 Å². The Labute approximate surface area is 147 Å². The third kappa shape index (κ3) is 4.98. The number of furan rings is 1. The van der Waals surface area contributed by atoms with E-state index in [1.165, 1.54) is 20.2 Å². The van der Waals surface area contributed by atoms with Gasteiger partial charge < -0.3 is 9.15 Å². The van der Waals surface area contributed by atoms with E-state index < -0.39 is 10.0 Å². The van der Waals surface area contributed by atoms with E-state index >= 15 is 0 Å². The molecular formula is C16H21ClN2O4S. The lowest BCUT2D eigenvalue weighted by Crippen LogP contribution is -2.24. The second kappa shape index (κ2) is 8.02. The lowest BCUT2D eigenvalue weighted by molar-refractivity contribution is 0.218. The van der Waals surface area contributed by atoms with Gasteiger partial charge in [-0.2, -0.15) is 0 Å². The number of likely N-dealkylation sites (N-methyl/N-ethyl adjacent to an activating group) is 1. The first-order valence-electron chi connectivity index (χ1n) is 7.37. The Morgan fingerprint density at radius 3 is 2.38 bits per heavy atom. The summed E-state index contributed by atoms with van der Waals surface area (Å²) in [5, 5.41) is 0.620. The van der Waals surface area contributed by atoms with Gasteiger partial charge >= 0.3 is 0 Å². The highest BCUT2D eigenvalue weighted by Crippen LogP contribution is 2.18. The van der Waals surface area contributed by atoms with Gasteiger partial charge in [-0.3, -0.25) is 4.90 Å². The number of nitrogens with zero attached hydrogens (tertiary/aromatic N) is 2. The minimum Gasteiger partial charge on any atom is -0.492 e. The van der Waals surface area contributed by atoms with Crippen molar-refractivity contribution in [3.63, 3.8) is 0 Å². The molecule has 0 saturated carbocycles. The normalized spacial score (nSPS) is 12.1. The maximum absolute atomic E-state index is 12.0. The van der Waals surface area contributed by atoms with Crippen molar-refractivity contribution in [1.29, 1.82) is 0 Å². The Morgan fingerprint density at radius 1 is 1.08 bits per heavy atom. The number of hydrogen-bond donors (Lipinski definition) is 0. The first-order chi connectivity index (χ1) is 11.3. The molecular weight excluding hydrogens is 352 g/mol. The number of ether oxygens (including phenoxy) is 1. The van der Waals surface area contributed by atoms with Gasteiger partial charge in [0.15, 0.2) is 0 Å². The van der Waals surface area contributed by atoms with Gasteiger partial charge in [0, 0.05) is 25.7 Å². The van der Waals surface area contributed by atoms with E-state index in [0.29, 0.717) is 30.5 Å². The van der Waals surface area contributed by atoms with Gasteiger partial charge in [-0.25, -0.2) is 12.7 Å². The lowest BCUT2D eigenvalue weighted by atomic mass is 10.3. The minimum absolute atomic E-state index is 0.0479. The average molecular weight is 373 g/mol. The van der Waals surface area contributed by atoms with Crippen LogP contribution in [0.4, 0.5) is 0 Å². The largest absolute Gasteiger partial charge is 0.492 e. The van der Waals surface area contributed by atoms with Crippen LogP contribution in [0.15, 0.2) is 45.9 Å². The zero-order chi connectivity index (χ0) is 17.7. The van der Waals surface area contributed by atoms with Crippen molar-refractivity contribution >= 4 is 21.6 Å². The first-order valence-corrected chi connectivity index (χ1v) is 9.19. The summed E-state index contributed by atoms with van der Waals surface area (Å²) >= 11 is 5.82. The minimum atomic E-state index is -3.54. The van der Waals surface area contributed by atoms with Crippen LogP contribution in [-0.2, 0) is 16.6 Å². The van der Waals surface area contributed by atoms with Crippen LogP contribution in [0.25, 0.3) is 0 Å². The summed E-state index contributed by atoms with van der Waals surface area (Å²) in [6.45, 7) is 1.66. The number of hydrogen-bond acceptors (Lipinski definition) is 5. The zero-order valence-corrected chi connectivity index (χ0v) is 15.5. The molecule has 0 amide bonds. The van der Waals surface area contributed by atoms with Crippen LogP contribution in [0.5, 0.6) is 5.75 Å². The second-order valence-electron chi connectivity index (χ2n) is 5.55. The molecule has 8 heteroatoms. The molecule has 0 aliphatic heterocycles. The molecule has 0 saturated heterocycles. The predicted octanol–water partition coefficient (Wildman–Crippen LogP) is 2.69. The predicted molar refractivity (Wildman–Crippen MR) is 92.9 cm³/mol. The molecule has 0 bridgehead atoms. The molecule has 0 aliphatic carbocycles. The molecule has 2 aromatic rings. The van der Waals surface area contributed by atoms with E-state index in [2.05, 4.69) is 0 Å². The molecule has 1 aromatic carbocycles. The number of halogens is 1. The summed E-state index contributed by atoms with van der Waals surface area (Å²) in [4.78, 5) is 1.99. The van der Waals surface area contributed by atoms with Crippen LogP contribution in [0, 0.1) is 0 Å². The molecule has 0 spiro atoms. The molecule has 0 atom stereocenters. The average Bonchev–Trinajstić information content (AvgIpc) is 2.98. The van der Waals surface area contributed by atoms with Crippen molar-refractivity contribution in [1.82, 2.24) is 9.21 Å². The Hall–Kier alpha value is -1.54. The fourth-order valence-electron chi connectivity index (χ4n) is 1.96. The van der Waals surface area contributed by atoms with E-state index in [9.17, 15) is 8.42 Å².